The molecule has 4 atom stereocenters. The van der Waals surface area contributed by atoms with Crippen LogP contribution in [0, 0.1) is 17.6 Å². The van der Waals surface area contributed by atoms with Gasteiger partial charge >= 0.3 is 12.2 Å². The highest BCUT2D eigenvalue weighted by molar-refractivity contribution is 5.77. The van der Waals surface area contributed by atoms with Gasteiger partial charge in [0.25, 0.3) is 0 Å². The quantitative estimate of drug-likeness (QED) is 0.394. The van der Waals surface area contributed by atoms with Gasteiger partial charge in [0.1, 0.15) is 17.1 Å². The van der Waals surface area contributed by atoms with Gasteiger partial charge in [0.2, 0.25) is 5.91 Å². The lowest BCUT2D eigenvalue weighted by Gasteiger charge is -2.38. The monoisotopic (exact) mass is 648 g/mol. The molecule has 4 fully saturated rings. The molecule has 2 aliphatic carbocycles. The predicted octanol–water partition coefficient (Wildman–Crippen LogP) is 6.17. The lowest BCUT2D eigenvalue weighted by atomic mass is 9.83. The van der Waals surface area contributed by atoms with E-state index in [1.165, 1.54) is 23.1 Å². The molecule has 7 rings (SSSR count). The van der Waals surface area contributed by atoms with Gasteiger partial charge < -0.3 is 19.7 Å². The SMILES string of the molecule is O=C(C[C@@H]1CC[C@@H](c2cccc(F)c2F)Cn2c1nnc2C1(C(F)(F)F)CC1)N1CCC(N2CCC3CCCCC3NC2=O)CC1. The van der Waals surface area contributed by atoms with Crippen LogP contribution in [0.1, 0.15) is 106 Å². The lowest BCUT2D eigenvalue weighted by molar-refractivity contribution is -0.163. The molecule has 250 valence electrons. The number of halogens is 5. The van der Waals surface area contributed by atoms with Crippen molar-refractivity contribution in [3.8, 4) is 0 Å². The van der Waals surface area contributed by atoms with Crippen LogP contribution in [0.2, 0.25) is 0 Å². The van der Waals surface area contributed by atoms with Crippen molar-refractivity contribution < 1.29 is 31.5 Å². The molecule has 5 aliphatic rings. The molecule has 3 aliphatic heterocycles. The minimum absolute atomic E-state index is 0.00986. The molecule has 1 aromatic carbocycles. The zero-order chi connectivity index (χ0) is 32.2. The van der Waals surface area contributed by atoms with Crippen LogP contribution in [0.4, 0.5) is 26.7 Å². The smallest absolute Gasteiger partial charge is 0.343 e. The Bertz CT molecular complexity index is 1470. The second kappa shape index (κ2) is 12.1. The summed E-state index contributed by atoms with van der Waals surface area (Å²) in [5.41, 5.74) is -2.00. The molecule has 1 aromatic heterocycles. The van der Waals surface area contributed by atoms with Crippen molar-refractivity contribution in [2.45, 2.75) is 119 Å². The van der Waals surface area contributed by atoms with Gasteiger partial charge in [0, 0.05) is 56.5 Å². The third kappa shape index (κ3) is 5.65. The van der Waals surface area contributed by atoms with Crippen LogP contribution in [0.15, 0.2) is 18.2 Å². The first-order valence-corrected chi connectivity index (χ1v) is 16.8. The van der Waals surface area contributed by atoms with E-state index >= 15 is 0 Å². The van der Waals surface area contributed by atoms with Crippen LogP contribution in [-0.4, -0.2) is 74.4 Å². The maximum atomic E-state index is 14.9. The predicted molar refractivity (Wildman–Crippen MR) is 158 cm³/mol. The zero-order valence-corrected chi connectivity index (χ0v) is 25.9. The lowest BCUT2D eigenvalue weighted by Crippen LogP contribution is -2.52. The fraction of sp³-hybridized carbons (Fsp3) is 0.697. The van der Waals surface area contributed by atoms with E-state index in [-0.39, 0.29) is 61.2 Å². The maximum absolute atomic E-state index is 14.9. The highest BCUT2D eigenvalue weighted by Gasteiger charge is 2.67. The summed E-state index contributed by atoms with van der Waals surface area (Å²) in [6, 6.07) is 4.17. The van der Waals surface area contributed by atoms with Gasteiger partial charge in [-0.25, -0.2) is 13.6 Å². The summed E-state index contributed by atoms with van der Waals surface area (Å²) in [6.07, 6.45) is 2.86. The third-order valence-corrected chi connectivity index (χ3v) is 11.5. The molecule has 0 radical (unpaired) electrons. The van der Waals surface area contributed by atoms with E-state index in [0.717, 1.165) is 38.3 Å². The highest BCUT2D eigenvalue weighted by atomic mass is 19.4. The number of alkyl halides is 3. The molecule has 2 saturated heterocycles. The Kier molecular flexibility index (Phi) is 8.24. The van der Waals surface area contributed by atoms with E-state index in [9.17, 15) is 31.5 Å². The van der Waals surface area contributed by atoms with Crippen LogP contribution < -0.4 is 5.32 Å². The minimum atomic E-state index is -4.53. The molecule has 2 saturated carbocycles. The van der Waals surface area contributed by atoms with Gasteiger partial charge in [0.05, 0.1) is 0 Å². The first-order chi connectivity index (χ1) is 22.1. The van der Waals surface area contributed by atoms with Crippen LogP contribution in [-0.2, 0) is 16.8 Å². The van der Waals surface area contributed by atoms with E-state index in [4.69, 9.17) is 0 Å². The summed E-state index contributed by atoms with van der Waals surface area (Å²) in [6.45, 7) is 1.67. The van der Waals surface area contributed by atoms with Gasteiger partial charge in [-0.05, 0) is 75.3 Å². The largest absolute Gasteiger partial charge is 0.401 e. The number of carbonyl (C=O) groups is 2. The Labute approximate surface area is 265 Å². The summed E-state index contributed by atoms with van der Waals surface area (Å²) in [4.78, 5) is 30.5. The Morgan fingerprint density at radius 2 is 1.72 bits per heavy atom. The fourth-order valence-corrected chi connectivity index (χ4v) is 8.54. The second-order valence-corrected chi connectivity index (χ2v) is 14.1. The molecule has 2 aromatic rings. The number of hydrogen-bond acceptors (Lipinski definition) is 4. The number of urea groups is 1. The number of fused-ring (bicyclic) bond motifs is 2. The van der Waals surface area contributed by atoms with Crippen molar-refractivity contribution in [3.05, 3.63) is 47.0 Å². The number of hydrogen-bond donors (Lipinski definition) is 1. The molecule has 46 heavy (non-hydrogen) atoms. The van der Waals surface area contributed by atoms with Crippen LogP contribution in [0.3, 0.4) is 0 Å². The van der Waals surface area contributed by atoms with E-state index < -0.39 is 35.1 Å². The summed E-state index contributed by atoms with van der Waals surface area (Å²) in [7, 11) is 0. The maximum Gasteiger partial charge on any atom is 0.401 e. The fourth-order valence-electron chi connectivity index (χ4n) is 8.54. The number of carbonyl (C=O) groups excluding carboxylic acids is 2. The summed E-state index contributed by atoms with van der Waals surface area (Å²) in [5.74, 6) is -2.64. The van der Waals surface area contributed by atoms with Crippen molar-refractivity contribution in [1.29, 1.82) is 0 Å². The average molecular weight is 649 g/mol. The van der Waals surface area contributed by atoms with Crippen molar-refractivity contribution in [2.24, 2.45) is 5.92 Å². The number of nitrogens with one attached hydrogen (secondary N) is 1. The van der Waals surface area contributed by atoms with Crippen molar-refractivity contribution in [2.75, 3.05) is 19.6 Å². The number of likely N-dealkylation sites (tertiary alicyclic amines) is 1. The van der Waals surface area contributed by atoms with E-state index in [0.29, 0.717) is 50.5 Å². The minimum Gasteiger partial charge on any atom is -0.343 e. The van der Waals surface area contributed by atoms with Gasteiger partial charge in [-0.1, -0.05) is 25.0 Å². The molecule has 3 amide bonds. The molecule has 4 heterocycles. The number of aromatic nitrogens is 3. The number of rotatable bonds is 5. The first-order valence-electron chi connectivity index (χ1n) is 16.8. The third-order valence-electron chi connectivity index (χ3n) is 11.5. The Morgan fingerprint density at radius 1 is 0.957 bits per heavy atom. The number of piperidine rings is 1. The number of benzene rings is 1. The molecule has 13 heteroatoms. The molecule has 2 unspecified atom stereocenters. The Morgan fingerprint density at radius 3 is 2.46 bits per heavy atom. The van der Waals surface area contributed by atoms with Gasteiger partial charge in [-0.2, -0.15) is 13.2 Å². The van der Waals surface area contributed by atoms with Crippen molar-refractivity contribution >= 4 is 11.9 Å². The molecule has 0 spiro atoms. The van der Waals surface area contributed by atoms with Crippen molar-refractivity contribution in [1.82, 2.24) is 29.9 Å². The second-order valence-electron chi connectivity index (χ2n) is 14.1. The normalized spacial score (nSPS) is 28.5. The molecule has 8 nitrogen and oxygen atoms in total. The van der Waals surface area contributed by atoms with Gasteiger partial charge in [-0.3, -0.25) is 4.79 Å². The van der Waals surface area contributed by atoms with Crippen LogP contribution in [0.25, 0.3) is 0 Å². The molecular weight excluding hydrogens is 607 g/mol. The Balaban J connectivity index is 1.06. The van der Waals surface area contributed by atoms with E-state index in [1.54, 1.807) is 4.90 Å². The number of nitrogens with zero attached hydrogens (tertiary/aromatic N) is 5. The van der Waals surface area contributed by atoms with Crippen LogP contribution in [0.5, 0.6) is 0 Å². The molecule has 1 N–H and O–H groups in total. The topological polar surface area (TPSA) is 83.4 Å². The van der Waals surface area contributed by atoms with E-state index in [1.807, 2.05) is 4.90 Å². The molecule has 0 bridgehead atoms. The summed E-state index contributed by atoms with van der Waals surface area (Å²) >= 11 is 0. The highest BCUT2D eigenvalue weighted by Crippen LogP contribution is 2.59. The summed E-state index contributed by atoms with van der Waals surface area (Å²) < 4.78 is 73.2. The van der Waals surface area contributed by atoms with Crippen molar-refractivity contribution in [3.63, 3.8) is 0 Å². The van der Waals surface area contributed by atoms with E-state index in [2.05, 4.69) is 15.5 Å². The zero-order valence-electron chi connectivity index (χ0n) is 25.9. The van der Waals surface area contributed by atoms with Crippen LogP contribution >= 0.6 is 0 Å². The number of amides is 3. The Hall–Kier alpha value is -3.25. The van der Waals surface area contributed by atoms with Gasteiger partial charge in [0.15, 0.2) is 11.6 Å². The standard InChI is InChI=1S/C33H41F5N6O2/c34-25-6-3-5-24(28(25)35)22-9-8-21(29-40-41-30(44(29)19-22)32(13-14-32)33(36,37)38)18-27(45)42-15-11-23(12-16-42)43-17-10-20-4-1-2-7-26(20)39-31(43)46/h3,5-6,20-23,26H,1-2,4,7-19H2,(H,39,46)/t20?,21-,22+,26?/m0/s1. The first kappa shape index (κ1) is 31.4. The molecular formula is C33H41F5N6O2. The summed E-state index contributed by atoms with van der Waals surface area (Å²) in [5, 5.41) is 11.5. The van der Waals surface area contributed by atoms with Gasteiger partial charge in [-0.15, -0.1) is 10.2 Å². The average Bonchev–Trinajstić information content (AvgIpc) is 3.81.